The summed E-state index contributed by atoms with van der Waals surface area (Å²) in [5, 5.41) is 17.3. The van der Waals surface area contributed by atoms with Crippen LogP contribution in [0.25, 0.3) is 0 Å². The van der Waals surface area contributed by atoms with Crippen LogP contribution in [0.1, 0.15) is 0 Å². The molecule has 0 aliphatic heterocycles. The van der Waals surface area contributed by atoms with Gasteiger partial charge in [0.25, 0.3) is 0 Å². The fourth-order valence-corrected chi connectivity index (χ4v) is 0.354. The quantitative estimate of drug-likeness (QED) is 0.359. The smallest absolute Gasteiger partial charge is 0.746 e. The van der Waals surface area contributed by atoms with E-state index in [0.717, 1.165) is 0 Å². The molecule has 62 valence electrons. The molecule has 10 heteroatoms. The van der Waals surface area contributed by atoms with Crippen LogP contribution in [0.3, 0.4) is 0 Å². The molecule has 0 aliphatic carbocycles. The first-order valence-corrected chi connectivity index (χ1v) is 3.16. The Morgan fingerprint density at radius 2 is 1.58 bits per heavy atom. The molecular weight excluding hydrogens is 214 g/mol. The van der Waals surface area contributed by atoms with Crippen LogP contribution in [0.15, 0.2) is 0 Å². The average molecular weight is 218 g/mol. The van der Waals surface area contributed by atoms with Gasteiger partial charge >= 0.3 is 59.1 Å². The monoisotopic (exact) mass is 218 g/mol. The topological polar surface area (TPSA) is 149 Å². The molecule has 1 unspecified atom stereocenters. The van der Waals surface area contributed by atoms with Crippen molar-refractivity contribution >= 4 is 16.1 Å². The Bertz CT molecular complexity index is 209. The number of hydrogen-bond donors (Lipinski definition) is 1. The second kappa shape index (κ2) is 8.88. The number of aliphatic hydroxyl groups excluding tert-OH is 1. The van der Waals surface area contributed by atoms with E-state index in [1.54, 1.807) is 0 Å². The van der Waals surface area contributed by atoms with Gasteiger partial charge in [0.1, 0.15) is 10.1 Å². The molecule has 12 heavy (non-hydrogen) atoms. The van der Waals surface area contributed by atoms with Crippen LogP contribution in [0.2, 0.25) is 0 Å². The molecule has 0 heterocycles. The number of aliphatic hydroxyl groups is 1. The molecule has 0 aromatic heterocycles. The summed E-state index contributed by atoms with van der Waals surface area (Å²) in [4.78, 5) is 9.41. The van der Waals surface area contributed by atoms with E-state index in [-0.39, 0.29) is 64.6 Å². The number of carboxylic acid groups (broad SMARTS) is 1. The summed E-state index contributed by atoms with van der Waals surface area (Å²) in [6.45, 7) is 0. The van der Waals surface area contributed by atoms with Gasteiger partial charge in [-0.25, -0.2) is 8.42 Å². The third-order valence-electron chi connectivity index (χ3n) is 0.475. The van der Waals surface area contributed by atoms with Crippen molar-refractivity contribution in [1.29, 1.82) is 0 Å². The van der Waals surface area contributed by atoms with Crippen LogP contribution in [0.5, 0.6) is 0 Å². The first kappa shape index (κ1) is 23.3. The van der Waals surface area contributed by atoms with Crippen molar-refractivity contribution < 1.29 is 92.6 Å². The van der Waals surface area contributed by atoms with Crippen molar-refractivity contribution in [1.82, 2.24) is 0 Å². The predicted octanol–water partition coefficient (Wildman–Crippen LogP) is -10.2. The van der Waals surface area contributed by atoms with Gasteiger partial charge in [-0.15, -0.1) is 0 Å². The molecule has 3 N–H and O–H groups in total. The molecule has 0 bridgehead atoms. The zero-order valence-electron chi connectivity index (χ0n) is 6.47. The zero-order chi connectivity index (χ0) is 7.65. The number of carbonyl (C=O) groups is 1. The number of hydrogen-bond acceptors (Lipinski definition) is 6. The van der Waals surface area contributed by atoms with E-state index in [0.29, 0.717) is 0 Å². The van der Waals surface area contributed by atoms with E-state index in [2.05, 4.69) is 0 Å². The van der Waals surface area contributed by atoms with Gasteiger partial charge in [-0.1, -0.05) is 0 Å². The molecule has 0 aromatic rings. The number of carboxylic acids is 1. The van der Waals surface area contributed by atoms with E-state index in [9.17, 15) is 22.9 Å². The molecule has 0 saturated heterocycles. The van der Waals surface area contributed by atoms with Gasteiger partial charge < -0.3 is 25.0 Å². The van der Waals surface area contributed by atoms with Gasteiger partial charge in [-0.3, -0.25) is 0 Å². The standard InChI is InChI=1S/C2H4O6S.2Na.H2O/c3-1(4)2(5)9(6,7)8;;;/h2,5H,(H,3,4)(H,6,7,8);;;1H2/q;2*+1;/p-2. The normalized spacial score (nSPS) is 11.2. The number of carbonyl (C=O) groups excluding carboxylic acids is 1. The van der Waals surface area contributed by atoms with E-state index >= 15 is 0 Å². The fourth-order valence-electron chi connectivity index (χ4n) is 0.118. The van der Waals surface area contributed by atoms with Crippen LogP contribution in [-0.2, 0) is 14.9 Å². The third kappa shape index (κ3) is 9.39. The van der Waals surface area contributed by atoms with Gasteiger partial charge in [-0.2, -0.15) is 0 Å². The predicted molar refractivity (Wildman–Crippen MR) is 24.3 cm³/mol. The molecule has 0 aromatic carbocycles. The van der Waals surface area contributed by atoms with Crippen molar-refractivity contribution in [3.8, 4) is 0 Å². The van der Waals surface area contributed by atoms with E-state index in [1.165, 1.54) is 0 Å². The molecule has 0 saturated carbocycles. The summed E-state index contributed by atoms with van der Waals surface area (Å²) in [5.74, 6) is -2.31. The van der Waals surface area contributed by atoms with Crippen LogP contribution in [0, 0.1) is 0 Å². The van der Waals surface area contributed by atoms with Crippen molar-refractivity contribution in [2.75, 3.05) is 0 Å². The molecule has 0 fully saturated rings. The summed E-state index contributed by atoms with van der Waals surface area (Å²) in [5.41, 5.74) is -2.96. The number of aliphatic carboxylic acids is 1. The van der Waals surface area contributed by atoms with Gasteiger partial charge in [0.15, 0.2) is 5.44 Å². The summed E-state index contributed by atoms with van der Waals surface area (Å²) >= 11 is 0. The second-order valence-electron chi connectivity index (χ2n) is 1.16. The summed E-state index contributed by atoms with van der Waals surface area (Å²) in [7, 11) is -5.16. The maximum absolute atomic E-state index is 9.55. The molecule has 0 spiro atoms. The van der Waals surface area contributed by atoms with Gasteiger partial charge in [0.2, 0.25) is 0 Å². The Labute approximate surface area is 113 Å². The maximum atomic E-state index is 9.55. The van der Waals surface area contributed by atoms with Crippen LogP contribution >= 0.6 is 0 Å². The van der Waals surface area contributed by atoms with E-state index in [1.807, 2.05) is 0 Å². The molecule has 1 atom stereocenters. The first-order valence-electron chi connectivity index (χ1n) is 1.69. The Morgan fingerprint density at radius 3 is 1.58 bits per heavy atom. The molecular formula is C2H4Na2O7S. The summed E-state index contributed by atoms with van der Waals surface area (Å²) < 4.78 is 28.6. The summed E-state index contributed by atoms with van der Waals surface area (Å²) in [6, 6.07) is 0. The van der Waals surface area contributed by atoms with Crippen LogP contribution in [-0.4, -0.2) is 35.0 Å². The molecule has 7 nitrogen and oxygen atoms in total. The number of rotatable bonds is 2. The van der Waals surface area contributed by atoms with Crippen molar-refractivity contribution in [3.05, 3.63) is 0 Å². The SMILES string of the molecule is O.O=C([O-])C(O)S(=O)(=O)[O-].[Na+].[Na+]. The molecule has 0 radical (unpaired) electrons. The Kier molecular flexibility index (Phi) is 17.2. The Morgan fingerprint density at radius 1 is 1.33 bits per heavy atom. The molecule has 0 aliphatic rings. The minimum absolute atomic E-state index is 0. The van der Waals surface area contributed by atoms with Gasteiger partial charge in [0.05, 0.1) is 5.97 Å². The summed E-state index contributed by atoms with van der Waals surface area (Å²) in [6.07, 6.45) is 0. The Hall–Kier alpha value is 1.30. The van der Waals surface area contributed by atoms with Crippen molar-refractivity contribution in [2.24, 2.45) is 0 Å². The molecule has 0 rings (SSSR count). The molecule has 0 amide bonds. The Balaban J connectivity index is -0.000000107. The average Bonchev–Trinajstić information content (AvgIpc) is 1.62. The zero-order valence-corrected chi connectivity index (χ0v) is 11.3. The van der Waals surface area contributed by atoms with Gasteiger partial charge in [0, 0.05) is 0 Å². The minimum Gasteiger partial charge on any atom is -0.746 e. The minimum atomic E-state index is -5.16. The third-order valence-corrected chi connectivity index (χ3v) is 1.21. The van der Waals surface area contributed by atoms with Crippen molar-refractivity contribution in [2.45, 2.75) is 5.44 Å². The van der Waals surface area contributed by atoms with E-state index in [4.69, 9.17) is 5.11 Å². The van der Waals surface area contributed by atoms with Crippen LogP contribution in [0.4, 0.5) is 0 Å². The largest absolute Gasteiger partial charge is 1.00 e. The van der Waals surface area contributed by atoms with Crippen molar-refractivity contribution in [3.63, 3.8) is 0 Å². The second-order valence-corrected chi connectivity index (χ2v) is 2.60. The van der Waals surface area contributed by atoms with E-state index < -0.39 is 21.5 Å². The van der Waals surface area contributed by atoms with Gasteiger partial charge in [-0.05, 0) is 0 Å². The first-order chi connectivity index (χ1) is 3.85. The maximum Gasteiger partial charge on any atom is 1.00 e. The fraction of sp³-hybridized carbons (Fsp3) is 0.500. The van der Waals surface area contributed by atoms with Crippen LogP contribution < -0.4 is 64.2 Å².